The number of methoxy groups -OCH3 is 2. The second kappa shape index (κ2) is 11.1. The zero-order valence-corrected chi connectivity index (χ0v) is 20.3. The lowest BCUT2D eigenvalue weighted by Gasteiger charge is -2.30. The van der Waals surface area contributed by atoms with Crippen molar-refractivity contribution in [2.75, 3.05) is 47.0 Å². The number of carbonyl (C=O) groups is 1. The van der Waals surface area contributed by atoms with Crippen LogP contribution in [0.1, 0.15) is 35.8 Å². The van der Waals surface area contributed by atoms with E-state index in [4.69, 9.17) is 9.47 Å². The van der Waals surface area contributed by atoms with Crippen molar-refractivity contribution >= 4 is 17.2 Å². The molecule has 0 radical (unpaired) electrons. The topological polar surface area (TPSA) is 42.0 Å². The van der Waals surface area contributed by atoms with E-state index in [1.165, 1.54) is 16.0 Å². The van der Waals surface area contributed by atoms with Crippen molar-refractivity contribution in [3.8, 4) is 5.75 Å². The first-order valence-electron chi connectivity index (χ1n) is 11.1. The third-order valence-electron chi connectivity index (χ3n) is 6.03. The molecule has 3 rings (SSSR count). The normalized spacial score (nSPS) is 19.2. The summed E-state index contributed by atoms with van der Waals surface area (Å²) in [5.74, 6) is 2.11. The number of hydrogen-bond donors (Lipinski definition) is 0. The fourth-order valence-electron chi connectivity index (χ4n) is 4.51. The number of thiophene rings is 1. The Kier molecular flexibility index (Phi) is 8.52. The minimum absolute atomic E-state index is 0.0770. The summed E-state index contributed by atoms with van der Waals surface area (Å²) in [6, 6.07) is 10.6. The highest BCUT2D eigenvalue weighted by Gasteiger charge is 2.36. The number of rotatable bonds is 10. The molecule has 1 fully saturated rings. The van der Waals surface area contributed by atoms with Crippen LogP contribution >= 0.6 is 11.3 Å². The number of likely N-dealkylation sites (tertiary alicyclic amines) is 1. The van der Waals surface area contributed by atoms with Crippen molar-refractivity contribution in [3.05, 3.63) is 51.7 Å². The van der Waals surface area contributed by atoms with Gasteiger partial charge in [0.05, 0.1) is 7.11 Å². The molecule has 5 nitrogen and oxygen atoms in total. The molecule has 0 bridgehead atoms. The zero-order valence-electron chi connectivity index (χ0n) is 19.5. The lowest BCUT2D eigenvalue weighted by molar-refractivity contribution is -0.136. The maximum Gasteiger partial charge on any atom is 0.248 e. The Labute approximate surface area is 191 Å². The molecule has 170 valence electrons. The van der Waals surface area contributed by atoms with Crippen molar-refractivity contribution in [2.45, 2.75) is 33.2 Å². The van der Waals surface area contributed by atoms with Crippen LogP contribution in [0.25, 0.3) is 0 Å². The van der Waals surface area contributed by atoms with Gasteiger partial charge in [-0.05, 0) is 53.5 Å². The standard InChI is InChI=1S/C25H36N2O3S/c1-18(2)12-27(25(28)17-29-4)14-21-13-26(16-24-19(3)9-10-31-24)15-23(21)20-7-6-8-22(11-20)30-5/h6-11,18,21,23H,12-17H2,1-5H3/t21-,23-/m0/s1. The summed E-state index contributed by atoms with van der Waals surface area (Å²) < 4.78 is 10.6. The quantitative estimate of drug-likeness (QED) is 0.544. The van der Waals surface area contributed by atoms with Crippen LogP contribution in [0, 0.1) is 18.8 Å². The van der Waals surface area contributed by atoms with Crippen LogP contribution in [0.15, 0.2) is 35.7 Å². The first kappa shape index (κ1) is 23.8. The minimum atomic E-state index is 0.0770. The van der Waals surface area contributed by atoms with E-state index in [0.29, 0.717) is 17.8 Å². The molecule has 2 aromatic rings. The molecular formula is C25H36N2O3S. The minimum Gasteiger partial charge on any atom is -0.497 e. The van der Waals surface area contributed by atoms with Crippen molar-refractivity contribution < 1.29 is 14.3 Å². The highest BCUT2D eigenvalue weighted by molar-refractivity contribution is 7.10. The summed E-state index contributed by atoms with van der Waals surface area (Å²) in [5.41, 5.74) is 2.65. The molecule has 2 heterocycles. The van der Waals surface area contributed by atoms with E-state index in [1.807, 2.05) is 22.3 Å². The molecule has 0 unspecified atom stereocenters. The summed E-state index contributed by atoms with van der Waals surface area (Å²) in [6.07, 6.45) is 0. The number of benzene rings is 1. The van der Waals surface area contributed by atoms with E-state index in [1.54, 1.807) is 14.2 Å². The molecular weight excluding hydrogens is 408 g/mol. The van der Waals surface area contributed by atoms with Gasteiger partial charge in [-0.2, -0.15) is 0 Å². The van der Waals surface area contributed by atoms with Crippen LogP contribution < -0.4 is 4.74 Å². The van der Waals surface area contributed by atoms with Gasteiger partial charge in [0.25, 0.3) is 0 Å². The van der Waals surface area contributed by atoms with Crippen molar-refractivity contribution in [2.24, 2.45) is 11.8 Å². The van der Waals surface area contributed by atoms with Gasteiger partial charge in [0.15, 0.2) is 0 Å². The Morgan fingerprint density at radius 3 is 2.71 bits per heavy atom. The van der Waals surface area contributed by atoms with Crippen LogP contribution in [0.4, 0.5) is 0 Å². The fourth-order valence-corrected chi connectivity index (χ4v) is 5.46. The van der Waals surface area contributed by atoms with Gasteiger partial charge in [-0.25, -0.2) is 0 Å². The first-order chi connectivity index (χ1) is 14.9. The van der Waals surface area contributed by atoms with E-state index in [2.05, 4.69) is 55.3 Å². The summed E-state index contributed by atoms with van der Waals surface area (Å²) in [6.45, 7) is 11.1. The molecule has 1 amide bonds. The second-order valence-corrected chi connectivity index (χ2v) is 9.99. The van der Waals surface area contributed by atoms with Gasteiger partial charge in [0.1, 0.15) is 12.4 Å². The Bertz CT molecular complexity index is 851. The predicted molar refractivity (Wildman–Crippen MR) is 127 cm³/mol. The van der Waals surface area contributed by atoms with Crippen LogP contribution in [-0.2, 0) is 16.1 Å². The molecule has 1 aromatic heterocycles. The third kappa shape index (κ3) is 6.31. The predicted octanol–water partition coefficient (Wildman–Crippen LogP) is 4.41. The zero-order chi connectivity index (χ0) is 22.4. The highest BCUT2D eigenvalue weighted by atomic mass is 32.1. The molecule has 2 atom stereocenters. The van der Waals surface area contributed by atoms with E-state index < -0.39 is 0 Å². The average Bonchev–Trinajstić information content (AvgIpc) is 3.33. The molecule has 31 heavy (non-hydrogen) atoms. The summed E-state index contributed by atoms with van der Waals surface area (Å²) in [4.78, 5) is 18.7. The van der Waals surface area contributed by atoms with Crippen LogP contribution in [0.5, 0.6) is 5.75 Å². The lowest BCUT2D eigenvalue weighted by atomic mass is 9.88. The summed E-state index contributed by atoms with van der Waals surface area (Å²) in [5, 5.41) is 2.17. The number of hydrogen-bond acceptors (Lipinski definition) is 5. The number of carbonyl (C=O) groups excluding carboxylic acids is 1. The first-order valence-corrected chi connectivity index (χ1v) is 11.9. The summed E-state index contributed by atoms with van der Waals surface area (Å²) in [7, 11) is 3.30. The van der Waals surface area contributed by atoms with Crippen molar-refractivity contribution in [1.82, 2.24) is 9.80 Å². The monoisotopic (exact) mass is 444 g/mol. The van der Waals surface area contributed by atoms with Gasteiger partial charge in [0, 0.05) is 50.6 Å². The molecule has 1 aromatic carbocycles. The Hall–Kier alpha value is -1.89. The molecule has 0 spiro atoms. The maximum atomic E-state index is 12.8. The molecule has 1 saturated heterocycles. The van der Waals surface area contributed by atoms with E-state index in [9.17, 15) is 4.79 Å². The molecule has 0 saturated carbocycles. The van der Waals surface area contributed by atoms with Crippen molar-refractivity contribution in [1.29, 1.82) is 0 Å². The maximum absolute atomic E-state index is 12.8. The Morgan fingerprint density at radius 2 is 2.06 bits per heavy atom. The number of ether oxygens (including phenoxy) is 2. The van der Waals surface area contributed by atoms with Crippen LogP contribution in [-0.4, -0.2) is 62.7 Å². The van der Waals surface area contributed by atoms with Gasteiger partial charge < -0.3 is 14.4 Å². The lowest BCUT2D eigenvalue weighted by Crippen LogP contribution is -2.41. The molecule has 6 heteroatoms. The van der Waals surface area contributed by atoms with Gasteiger partial charge in [-0.15, -0.1) is 11.3 Å². The molecule has 0 N–H and O–H groups in total. The average molecular weight is 445 g/mol. The molecule has 1 aliphatic rings. The Balaban J connectivity index is 1.83. The summed E-state index contributed by atoms with van der Waals surface area (Å²) >= 11 is 1.83. The number of nitrogens with zero attached hydrogens (tertiary/aromatic N) is 2. The third-order valence-corrected chi connectivity index (χ3v) is 7.04. The van der Waals surface area contributed by atoms with E-state index in [0.717, 1.165) is 38.5 Å². The van der Waals surface area contributed by atoms with Crippen LogP contribution in [0.2, 0.25) is 0 Å². The van der Waals surface area contributed by atoms with Crippen molar-refractivity contribution in [3.63, 3.8) is 0 Å². The van der Waals surface area contributed by atoms with Crippen LogP contribution in [0.3, 0.4) is 0 Å². The molecule has 1 aliphatic heterocycles. The fraction of sp³-hybridized carbons (Fsp3) is 0.560. The highest BCUT2D eigenvalue weighted by Crippen LogP contribution is 2.36. The number of amides is 1. The molecule has 0 aliphatic carbocycles. The van der Waals surface area contributed by atoms with E-state index in [-0.39, 0.29) is 12.5 Å². The second-order valence-electron chi connectivity index (χ2n) is 8.99. The largest absolute Gasteiger partial charge is 0.497 e. The number of aryl methyl sites for hydroxylation is 1. The van der Waals surface area contributed by atoms with E-state index >= 15 is 0 Å². The van der Waals surface area contributed by atoms with Gasteiger partial charge in [0.2, 0.25) is 5.91 Å². The Morgan fingerprint density at radius 1 is 1.26 bits per heavy atom. The smallest absolute Gasteiger partial charge is 0.248 e. The van der Waals surface area contributed by atoms with Gasteiger partial charge >= 0.3 is 0 Å². The SMILES string of the molecule is COCC(=O)N(CC(C)C)C[C@@H]1CN(Cc2sccc2C)C[C@H]1c1cccc(OC)c1. The van der Waals surface area contributed by atoms with Gasteiger partial charge in [-0.3, -0.25) is 9.69 Å². The van der Waals surface area contributed by atoms with Gasteiger partial charge in [-0.1, -0.05) is 26.0 Å².